The van der Waals surface area contributed by atoms with Gasteiger partial charge in [-0.25, -0.2) is 0 Å². The van der Waals surface area contributed by atoms with Gasteiger partial charge in [-0.15, -0.1) is 11.6 Å². The first kappa shape index (κ1) is 12.3. The van der Waals surface area contributed by atoms with Crippen molar-refractivity contribution in [1.82, 2.24) is 0 Å². The van der Waals surface area contributed by atoms with Crippen molar-refractivity contribution >= 4 is 22.4 Å². The van der Waals surface area contributed by atoms with Gasteiger partial charge in [0.15, 0.2) is 0 Å². The second-order valence-corrected chi connectivity index (χ2v) is 5.25. The summed E-state index contributed by atoms with van der Waals surface area (Å²) in [5.74, 6) is 0. The third-order valence-electron chi connectivity index (χ3n) is 3.44. The second kappa shape index (κ2) is 5.46. The molecule has 0 fully saturated rings. The highest BCUT2D eigenvalue weighted by Crippen LogP contribution is 2.28. The van der Waals surface area contributed by atoms with Crippen LogP contribution in [-0.4, -0.2) is 0 Å². The third kappa shape index (κ3) is 2.64. The zero-order valence-electron chi connectivity index (χ0n) is 10.6. The van der Waals surface area contributed by atoms with Gasteiger partial charge in [0.1, 0.15) is 0 Å². The van der Waals surface area contributed by atoms with E-state index in [1.165, 1.54) is 21.9 Å². The molecule has 0 aliphatic heterocycles. The summed E-state index contributed by atoms with van der Waals surface area (Å²) in [4.78, 5) is 0. The van der Waals surface area contributed by atoms with E-state index in [0.29, 0.717) is 0 Å². The van der Waals surface area contributed by atoms with Gasteiger partial charge in [-0.3, -0.25) is 0 Å². The van der Waals surface area contributed by atoms with Gasteiger partial charge < -0.3 is 0 Å². The molecule has 0 N–H and O–H groups in total. The van der Waals surface area contributed by atoms with Crippen molar-refractivity contribution < 1.29 is 0 Å². The molecule has 1 atom stereocenters. The van der Waals surface area contributed by atoms with Crippen molar-refractivity contribution in [3.63, 3.8) is 0 Å². The quantitative estimate of drug-likeness (QED) is 0.560. The van der Waals surface area contributed by atoms with Crippen LogP contribution >= 0.6 is 11.6 Å². The first-order valence-corrected chi connectivity index (χ1v) is 6.94. The average molecular weight is 267 g/mol. The molecule has 94 valence electrons. The molecule has 3 aromatic rings. The summed E-state index contributed by atoms with van der Waals surface area (Å²) >= 11 is 6.54. The van der Waals surface area contributed by atoms with Crippen LogP contribution in [0.5, 0.6) is 0 Å². The molecule has 19 heavy (non-hydrogen) atoms. The minimum Gasteiger partial charge on any atom is -0.117 e. The molecule has 1 heteroatoms. The predicted molar refractivity (Wildman–Crippen MR) is 82.7 cm³/mol. The molecule has 0 heterocycles. The molecule has 3 rings (SSSR count). The minimum atomic E-state index is 0.0204. The number of benzene rings is 3. The fourth-order valence-electron chi connectivity index (χ4n) is 2.44. The van der Waals surface area contributed by atoms with Crippen molar-refractivity contribution in [3.8, 4) is 0 Å². The maximum atomic E-state index is 6.54. The number of rotatable bonds is 3. The van der Waals surface area contributed by atoms with Crippen molar-refractivity contribution in [3.05, 3.63) is 83.9 Å². The van der Waals surface area contributed by atoms with E-state index in [0.717, 1.165) is 6.42 Å². The van der Waals surface area contributed by atoms with Crippen LogP contribution in [0.4, 0.5) is 0 Å². The Morgan fingerprint density at radius 2 is 1.42 bits per heavy atom. The Labute approximate surface area is 118 Å². The van der Waals surface area contributed by atoms with Crippen molar-refractivity contribution in [1.29, 1.82) is 0 Å². The Kier molecular flexibility index (Phi) is 3.52. The van der Waals surface area contributed by atoms with Gasteiger partial charge in [0.2, 0.25) is 0 Å². The first-order chi connectivity index (χ1) is 9.34. The Morgan fingerprint density at radius 1 is 0.737 bits per heavy atom. The summed E-state index contributed by atoms with van der Waals surface area (Å²) in [7, 11) is 0. The summed E-state index contributed by atoms with van der Waals surface area (Å²) in [5.41, 5.74) is 2.49. The number of hydrogen-bond acceptors (Lipinski definition) is 0. The molecule has 0 spiro atoms. The van der Waals surface area contributed by atoms with E-state index in [9.17, 15) is 0 Å². The molecule has 3 aromatic carbocycles. The fourth-order valence-corrected chi connectivity index (χ4v) is 2.75. The lowest BCUT2D eigenvalue weighted by Gasteiger charge is -2.12. The standard InChI is InChI=1S/C18H15Cl/c19-18(15-8-2-1-3-9-15)13-16-11-6-10-14-7-4-5-12-17(14)16/h1-12,18H,13H2. The van der Waals surface area contributed by atoms with Crippen LogP contribution in [0.25, 0.3) is 10.8 Å². The smallest absolute Gasteiger partial charge is 0.0625 e. The molecule has 0 aliphatic carbocycles. The van der Waals surface area contributed by atoms with E-state index in [1.807, 2.05) is 18.2 Å². The highest BCUT2D eigenvalue weighted by Gasteiger charge is 2.10. The second-order valence-electron chi connectivity index (χ2n) is 4.72. The van der Waals surface area contributed by atoms with E-state index in [4.69, 9.17) is 11.6 Å². The molecule has 0 aromatic heterocycles. The van der Waals surface area contributed by atoms with Gasteiger partial charge in [0.25, 0.3) is 0 Å². The van der Waals surface area contributed by atoms with Crippen LogP contribution in [0.1, 0.15) is 16.5 Å². The van der Waals surface area contributed by atoms with Gasteiger partial charge >= 0.3 is 0 Å². The maximum absolute atomic E-state index is 6.54. The van der Waals surface area contributed by atoms with Gasteiger partial charge in [0.05, 0.1) is 5.38 Å². The monoisotopic (exact) mass is 266 g/mol. The molecule has 1 unspecified atom stereocenters. The van der Waals surface area contributed by atoms with Gasteiger partial charge in [-0.2, -0.15) is 0 Å². The highest BCUT2D eigenvalue weighted by atomic mass is 35.5. The van der Waals surface area contributed by atoms with E-state index in [1.54, 1.807) is 0 Å². The van der Waals surface area contributed by atoms with Crippen LogP contribution in [0.15, 0.2) is 72.8 Å². The molecule has 0 bridgehead atoms. The summed E-state index contributed by atoms with van der Waals surface area (Å²) in [6, 6.07) is 25.1. The topological polar surface area (TPSA) is 0 Å². The zero-order valence-corrected chi connectivity index (χ0v) is 11.3. The lowest BCUT2D eigenvalue weighted by Crippen LogP contribution is -1.96. The number of halogens is 1. The minimum absolute atomic E-state index is 0.0204. The van der Waals surface area contributed by atoms with E-state index in [2.05, 4.69) is 54.6 Å². The average Bonchev–Trinajstić information content (AvgIpc) is 2.48. The number of hydrogen-bond donors (Lipinski definition) is 0. The SMILES string of the molecule is ClC(Cc1cccc2ccccc12)c1ccccc1. The van der Waals surface area contributed by atoms with Crippen LogP contribution in [-0.2, 0) is 6.42 Å². The van der Waals surface area contributed by atoms with Crippen molar-refractivity contribution in [2.75, 3.05) is 0 Å². The number of fused-ring (bicyclic) bond motifs is 1. The molecule has 0 nitrogen and oxygen atoms in total. The summed E-state index contributed by atoms with van der Waals surface area (Å²) < 4.78 is 0. The molecule has 0 amide bonds. The van der Waals surface area contributed by atoms with E-state index >= 15 is 0 Å². The van der Waals surface area contributed by atoms with Crippen LogP contribution in [0.3, 0.4) is 0 Å². The summed E-state index contributed by atoms with van der Waals surface area (Å²) in [5, 5.41) is 2.59. The Morgan fingerprint density at radius 3 is 2.26 bits per heavy atom. The van der Waals surface area contributed by atoms with Crippen LogP contribution < -0.4 is 0 Å². The Balaban J connectivity index is 1.94. The lowest BCUT2D eigenvalue weighted by molar-refractivity contribution is 0.927. The predicted octanol–water partition coefficient (Wildman–Crippen LogP) is 5.36. The fraction of sp³-hybridized carbons (Fsp3) is 0.111. The first-order valence-electron chi connectivity index (χ1n) is 6.50. The largest absolute Gasteiger partial charge is 0.117 e. The molecule has 0 saturated heterocycles. The molecular formula is C18H15Cl. The Hall–Kier alpha value is -1.79. The zero-order chi connectivity index (χ0) is 13.1. The van der Waals surface area contributed by atoms with Gasteiger partial charge in [0, 0.05) is 0 Å². The van der Waals surface area contributed by atoms with E-state index < -0.39 is 0 Å². The van der Waals surface area contributed by atoms with Crippen molar-refractivity contribution in [2.45, 2.75) is 11.8 Å². The highest BCUT2D eigenvalue weighted by molar-refractivity contribution is 6.21. The Bertz CT molecular complexity index is 668. The van der Waals surface area contributed by atoms with E-state index in [-0.39, 0.29) is 5.38 Å². The summed E-state index contributed by atoms with van der Waals surface area (Å²) in [6.07, 6.45) is 0.854. The maximum Gasteiger partial charge on any atom is 0.0625 e. The van der Waals surface area contributed by atoms with Gasteiger partial charge in [-0.1, -0.05) is 72.8 Å². The molecule has 0 aliphatic rings. The molecule has 0 saturated carbocycles. The lowest BCUT2D eigenvalue weighted by atomic mass is 9.98. The molecular weight excluding hydrogens is 252 g/mol. The third-order valence-corrected chi connectivity index (χ3v) is 3.85. The van der Waals surface area contributed by atoms with Crippen molar-refractivity contribution in [2.24, 2.45) is 0 Å². The van der Waals surface area contributed by atoms with Crippen LogP contribution in [0, 0.1) is 0 Å². The van der Waals surface area contributed by atoms with Gasteiger partial charge in [-0.05, 0) is 28.3 Å². The van der Waals surface area contributed by atoms with Crippen LogP contribution in [0.2, 0.25) is 0 Å². The molecule has 0 radical (unpaired) electrons. The normalized spacial score (nSPS) is 12.5. The summed E-state index contributed by atoms with van der Waals surface area (Å²) in [6.45, 7) is 0. The number of alkyl halides is 1.